The molecule has 1 aliphatic rings. The minimum atomic E-state index is -3.66. The van der Waals surface area contributed by atoms with Crippen LogP contribution in [0.25, 0.3) is 0 Å². The van der Waals surface area contributed by atoms with Crippen molar-refractivity contribution in [2.24, 2.45) is 0 Å². The third-order valence-corrected chi connectivity index (χ3v) is 4.32. The van der Waals surface area contributed by atoms with Crippen molar-refractivity contribution >= 4 is 10.1 Å². The van der Waals surface area contributed by atoms with Crippen molar-refractivity contribution in [1.29, 1.82) is 0 Å². The second-order valence-electron chi connectivity index (χ2n) is 4.41. The van der Waals surface area contributed by atoms with Crippen LogP contribution in [0.2, 0.25) is 0 Å². The summed E-state index contributed by atoms with van der Waals surface area (Å²) >= 11 is 0. The largest absolute Gasteiger partial charge is 0.376 e. The molecule has 0 radical (unpaired) electrons. The Bertz CT molecular complexity index is 469. The van der Waals surface area contributed by atoms with Gasteiger partial charge in [-0.25, -0.2) is 0 Å². The van der Waals surface area contributed by atoms with E-state index in [0.29, 0.717) is 6.61 Å². The Morgan fingerprint density at radius 2 is 1.79 bits per heavy atom. The molecule has 1 N–H and O–H groups in total. The molecule has 1 aliphatic heterocycles. The molecule has 6 heteroatoms. The predicted molar refractivity (Wildman–Crippen MR) is 71.4 cm³/mol. The van der Waals surface area contributed by atoms with Crippen LogP contribution in [0.4, 0.5) is 0 Å². The van der Waals surface area contributed by atoms with Gasteiger partial charge in [0.15, 0.2) is 0 Å². The van der Waals surface area contributed by atoms with Crippen molar-refractivity contribution in [3.8, 4) is 0 Å². The van der Waals surface area contributed by atoms with Crippen LogP contribution in [0.5, 0.6) is 0 Å². The minimum absolute atomic E-state index is 0.0567. The predicted octanol–water partition coefficient (Wildman–Crippen LogP) is 1.16. The summed E-state index contributed by atoms with van der Waals surface area (Å²) in [7, 11) is -3.66. The van der Waals surface area contributed by atoms with Crippen LogP contribution >= 0.6 is 0 Å². The van der Waals surface area contributed by atoms with E-state index < -0.39 is 10.1 Å². The maximum Gasteiger partial charge on any atom is 0.297 e. The molecule has 106 valence electrons. The highest BCUT2D eigenvalue weighted by Crippen LogP contribution is 2.11. The summed E-state index contributed by atoms with van der Waals surface area (Å²) < 4.78 is 34.1. The second kappa shape index (κ2) is 7.00. The average Bonchev–Trinajstić information content (AvgIpc) is 2.46. The normalized spacial score (nSPS) is 17.5. The molecule has 0 bridgehead atoms. The smallest absolute Gasteiger partial charge is 0.297 e. The lowest BCUT2D eigenvalue weighted by Gasteiger charge is -2.22. The van der Waals surface area contributed by atoms with Gasteiger partial charge in [0.05, 0.1) is 24.2 Å². The molecule has 1 fully saturated rings. The fraction of sp³-hybridized carbons (Fsp3) is 0.538. The van der Waals surface area contributed by atoms with E-state index in [4.69, 9.17) is 8.92 Å². The van der Waals surface area contributed by atoms with Crippen molar-refractivity contribution in [3.05, 3.63) is 30.3 Å². The Balaban J connectivity index is 1.73. The molecule has 0 unspecified atom stereocenters. The zero-order valence-electron chi connectivity index (χ0n) is 10.7. The topological polar surface area (TPSA) is 64.6 Å². The molecule has 1 aromatic carbocycles. The maximum atomic E-state index is 11.8. The lowest BCUT2D eigenvalue weighted by Crippen LogP contribution is -2.33. The van der Waals surface area contributed by atoms with Gasteiger partial charge in [0, 0.05) is 0 Å². The summed E-state index contributed by atoms with van der Waals surface area (Å²) in [5, 5.41) is 3.24. The third kappa shape index (κ3) is 4.58. The monoisotopic (exact) mass is 285 g/mol. The molecular formula is C13H19NO4S. The van der Waals surface area contributed by atoms with Crippen molar-refractivity contribution in [1.82, 2.24) is 5.32 Å². The number of benzene rings is 1. The fourth-order valence-electron chi connectivity index (χ4n) is 1.98. The van der Waals surface area contributed by atoms with Gasteiger partial charge in [-0.3, -0.25) is 4.18 Å². The summed E-state index contributed by atoms with van der Waals surface area (Å²) in [6, 6.07) is 8.13. The van der Waals surface area contributed by atoms with Gasteiger partial charge < -0.3 is 10.1 Å². The number of rotatable bonds is 6. The van der Waals surface area contributed by atoms with Crippen LogP contribution in [0.3, 0.4) is 0 Å². The van der Waals surface area contributed by atoms with Crippen molar-refractivity contribution in [3.63, 3.8) is 0 Å². The molecule has 0 saturated carbocycles. The summed E-state index contributed by atoms with van der Waals surface area (Å²) in [4.78, 5) is 0.178. The van der Waals surface area contributed by atoms with Gasteiger partial charge in [0.25, 0.3) is 10.1 Å². The first-order valence-corrected chi connectivity index (χ1v) is 7.86. The van der Waals surface area contributed by atoms with E-state index in [9.17, 15) is 8.42 Å². The van der Waals surface area contributed by atoms with E-state index in [0.717, 1.165) is 25.9 Å². The van der Waals surface area contributed by atoms with Crippen LogP contribution in [0.1, 0.15) is 12.8 Å². The highest BCUT2D eigenvalue weighted by atomic mass is 32.2. The Hall–Kier alpha value is -0.950. The lowest BCUT2D eigenvalue weighted by molar-refractivity contribution is 0.0177. The maximum absolute atomic E-state index is 11.8. The van der Waals surface area contributed by atoms with Gasteiger partial charge in [0.1, 0.15) is 0 Å². The third-order valence-electron chi connectivity index (χ3n) is 2.99. The van der Waals surface area contributed by atoms with Gasteiger partial charge in [-0.2, -0.15) is 8.42 Å². The van der Waals surface area contributed by atoms with Gasteiger partial charge in [0.2, 0.25) is 0 Å². The van der Waals surface area contributed by atoms with E-state index >= 15 is 0 Å². The van der Waals surface area contributed by atoms with Crippen LogP contribution in [-0.4, -0.2) is 40.8 Å². The molecule has 0 spiro atoms. The molecule has 1 aromatic rings. The molecule has 1 heterocycles. The number of hydrogen-bond donors (Lipinski definition) is 1. The van der Waals surface area contributed by atoms with Crippen LogP contribution < -0.4 is 5.32 Å². The van der Waals surface area contributed by atoms with Crippen LogP contribution in [0.15, 0.2) is 35.2 Å². The van der Waals surface area contributed by atoms with E-state index in [1.54, 1.807) is 18.2 Å². The fourth-order valence-corrected chi connectivity index (χ4v) is 2.89. The molecule has 0 aromatic heterocycles. The molecule has 0 amide bonds. The first kappa shape index (κ1) is 14.5. The highest BCUT2D eigenvalue weighted by molar-refractivity contribution is 7.86. The molecule has 2 rings (SSSR count). The lowest BCUT2D eigenvalue weighted by atomic mass is 10.1. The Kier molecular flexibility index (Phi) is 5.33. The quantitative estimate of drug-likeness (QED) is 0.627. The van der Waals surface area contributed by atoms with E-state index in [2.05, 4.69) is 5.32 Å². The van der Waals surface area contributed by atoms with Gasteiger partial charge in [-0.15, -0.1) is 0 Å². The Morgan fingerprint density at radius 3 is 2.47 bits per heavy atom. The Labute approximate surface area is 114 Å². The van der Waals surface area contributed by atoms with Gasteiger partial charge >= 0.3 is 0 Å². The summed E-state index contributed by atoms with van der Waals surface area (Å²) in [5.41, 5.74) is 0. The minimum Gasteiger partial charge on any atom is -0.376 e. The summed E-state index contributed by atoms with van der Waals surface area (Å²) in [5.74, 6) is 0. The zero-order chi connectivity index (χ0) is 13.6. The van der Waals surface area contributed by atoms with Gasteiger partial charge in [-0.05, 0) is 38.1 Å². The SMILES string of the molecule is O=S(=O)(OCCOC1CCNCC1)c1ccccc1. The molecule has 5 nitrogen and oxygen atoms in total. The summed E-state index contributed by atoms with van der Waals surface area (Å²) in [6.45, 7) is 2.26. The zero-order valence-corrected chi connectivity index (χ0v) is 11.6. The van der Waals surface area contributed by atoms with Crippen molar-refractivity contribution < 1.29 is 17.3 Å². The molecule has 1 saturated heterocycles. The van der Waals surface area contributed by atoms with Crippen LogP contribution in [0, 0.1) is 0 Å². The van der Waals surface area contributed by atoms with Gasteiger partial charge in [-0.1, -0.05) is 18.2 Å². The Morgan fingerprint density at radius 1 is 1.11 bits per heavy atom. The first-order valence-electron chi connectivity index (χ1n) is 6.45. The second-order valence-corrected chi connectivity index (χ2v) is 6.02. The highest BCUT2D eigenvalue weighted by Gasteiger charge is 2.16. The molecular weight excluding hydrogens is 266 g/mol. The standard InChI is InChI=1S/C13H19NO4S/c15-19(16,13-4-2-1-3-5-13)18-11-10-17-12-6-8-14-9-7-12/h1-5,12,14H,6-11H2. The van der Waals surface area contributed by atoms with E-state index in [-0.39, 0.29) is 17.6 Å². The first-order chi connectivity index (χ1) is 9.18. The van der Waals surface area contributed by atoms with Crippen molar-refractivity contribution in [2.45, 2.75) is 23.8 Å². The average molecular weight is 285 g/mol. The molecule has 0 aliphatic carbocycles. The number of nitrogens with one attached hydrogen (secondary N) is 1. The number of piperidine rings is 1. The van der Waals surface area contributed by atoms with Crippen molar-refractivity contribution in [2.75, 3.05) is 26.3 Å². The number of hydrogen-bond acceptors (Lipinski definition) is 5. The molecule has 0 atom stereocenters. The van der Waals surface area contributed by atoms with E-state index in [1.165, 1.54) is 12.1 Å². The summed E-state index contributed by atoms with van der Waals surface area (Å²) in [6.07, 6.45) is 2.14. The molecule has 19 heavy (non-hydrogen) atoms. The number of ether oxygens (including phenoxy) is 1. The van der Waals surface area contributed by atoms with E-state index in [1.807, 2.05) is 0 Å². The van der Waals surface area contributed by atoms with Crippen LogP contribution in [-0.2, 0) is 19.0 Å².